The Morgan fingerprint density at radius 1 is 1.55 bits per heavy atom. The van der Waals surface area contributed by atoms with E-state index in [0.717, 1.165) is 12.8 Å². The van der Waals surface area contributed by atoms with Crippen molar-refractivity contribution in [3.05, 3.63) is 6.92 Å². The van der Waals surface area contributed by atoms with Gasteiger partial charge in [-0.1, -0.05) is 13.3 Å². The molecule has 3 heteroatoms. The van der Waals surface area contributed by atoms with Crippen LogP contribution in [0.15, 0.2) is 0 Å². The van der Waals surface area contributed by atoms with Crippen molar-refractivity contribution in [2.75, 3.05) is 6.54 Å². The van der Waals surface area contributed by atoms with Gasteiger partial charge in [-0.15, -0.1) is 0 Å². The highest BCUT2D eigenvalue weighted by atomic mass is 16.2. The molecule has 0 aromatic rings. The molecule has 0 unspecified atom stereocenters. The van der Waals surface area contributed by atoms with Crippen LogP contribution in [0.1, 0.15) is 26.7 Å². The van der Waals surface area contributed by atoms with Gasteiger partial charge in [-0.05, 0) is 20.3 Å². The van der Waals surface area contributed by atoms with Crippen LogP contribution in [0.25, 0.3) is 0 Å². The van der Waals surface area contributed by atoms with E-state index >= 15 is 0 Å². The van der Waals surface area contributed by atoms with E-state index in [1.807, 2.05) is 13.8 Å². The molecule has 0 fully saturated rings. The van der Waals surface area contributed by atoms with Crippen LogP contribution >= 0.6 is 0 Å². The van der Waals surface area contributed by atoms with Crippen molar-refractivity contribution in [1.82, 2.24) is 10.6 Å². The molecule has 3 nitrogen and oxygen atoms in total. The molecular formula is C8H17N2O. The highest BCUT2D eigenvalue weighted by Gasteiger charge is 1.99. The first kappa shape index (κ1) is 10.3. The standard InChI is InChI=1S/C8H17N2O/c1-4-5-6-9-8(11)10-7(2)3/h7H,1,4-6H2,2-3H3,(H2,9,10,11). The van der Waals surface area contributed by atoms with Crippen LogP contribution in [-0.2, 0) is 0 Å². The Bertz CT molecular complexity index is 113. The molecule has 0 aromatic heterocycles. The lowest BCUT2D eigenvalue weighted by Gasteiger charge is -2.08. The second-order valence-corrected chi connectivity index (χ2v) is 2.76. The number of carbonyl (C=O) groups excluding carboxylic acids is 1. The van der Waals surface area contributed by atoms with Crippen LogP contribution in [0.3, 0.4) is 0 Å². The molecule has 0 bridgehead atoms. The summed E-state index contributed by atoms with van der Waals surface area (Å²) in [5.74, 6) is 0. The van der Waals surface area contributed by atoms with E-state index in [9.17, 15) is 4.79 Å². The summed E-state index contributed by atoms with van der Waals surface area (Å²) in [5, 5.41) is 5.46. The molecule has 65 valence electrons. The van der Waals surface area contributed by atoms with Gasteiger partial charge in [0, 0.05) is 12.6 Å². The first-order chi connectivity index (χ1) is 5.16. The molecule has 0 heterocycles. The average Bonchev–Trinajstić information content (AvgIpc) is 1.86. The van der Waals surface area contributed by atoms with E-state index in [0.29, 0.717) is 6.54 Å². The monoisotopic (exact) mass is 157 g/mol. The number of hydrogen-bond acceptors (Lipinski definition) is 1. The normalized spacial score (nSPS) is 9.82. The summed E-state index contributed by atoms with van der Waals surface area (Å²) in [6.45, 7) is 8.25. The maximum absolute atomic E-state index is 10.9. The van der Waals surface area contributed by atoms with Crippen LogP contribution in [-0.4, -0.2) is 18.6 Å². The number of hydrogen-bond donors (Lipinski definition) is 2. The van der Waals surface area contributed by atoms with Gasteiger partial charge in [0.2, 0.25) is 0 Å². The fourth-order valence-electron chi connectivity index (χ4n) is 0.640. The van der Waals surface area contributed by atoms with Crippen molar-refractivity contribution >= 4 is 6.03 Å². The summed E-state index contributed by atoms with van der Waals surface area (Å²) < 4.78 is 0. The number of carbonyl (C=O) groups is 1. The summed E-state index contributed by atoms with van der Waals surface area (Å²) in [6, 6.07) is 0.114. The Balaban J connectivity index is 3.23. The van der Waals surface area contributed by atoms with Crippen molar-refractivity contribution in [2.24, 2.45) is 0 Å². The molecule has 11 heavy (non-hydrogen) atoms. The number of nitrogens with one attached hydrogen (secondary N) is 2. The number of rotatable bonds is 4. The lowest BCUT2D eigenvalue weighted by atomic mass is 10.3. The van der Waals surface area contributed by atoms with Gasteiger partial charge < -0.3 is 10.6 Å². The lowest BCUT2D eigenvalue weighted by Crippen LogP contribution is -2.39. The SMILES string of the molecule is [CH2]CCCNC(=O)NC(C)C. The molecule has 0 aliphatic carbocycles. The van der Waals surface area contributed by atoms with Gasteiger partial charge in [0.25, 0.3) is 0 Å². The van der Waals surface area contributed by atoms with Crippen LogP contribution in [0.2, 0.25) is 0 Å². The fourth-order valence-corrected chi connectivity index (χ4v) is 0.640. The van der Waals surface area contributed by atoms with Crippen molar-refractivity contribution in [3.63, 3.8) is 0 Å². The summed E-state index contributed by atoms with van der Waals surface area (Å²) in [5.41, 5.74) is 0. The molecule has 0 spiro atoms. The molecule has 0 atom stereocenters. The maximum Gasteiger partial charge on any atom is 0.314 e. The zero-order valence-corrected chi connectivity index (χ0v) is 7.31. The molecular weight excluding hydrogens is 140 g/mol. The Kier molecular flexibility index (Phi) is 5.61. The third-order valence-corrected chi connectivity index (χ3v) is 1.13. The van der Waals surface area contributed by atoms with Crippen molar-refractivity contribution in [3.8, 4) is 0 Å². The average molecular weight is 157 g/mol. The molecule has 0 aromatic carbocycles. The molecule has 0 rings (SSSR count). The van der Waals surface area contributed by atoms with Gasteiger partial charge >= 0.3 is 6.03 Å². The topological polar surface area (TPSA) is 41.1 Å². The van der Waals surface area contributed by atoms with Crippen LogP contribution < -0.4 is 10.6 Å². The van der Waals surface area contributed by atoms with Gasteiger partial charge in [-0.3, -0.25) is 0 Å². The largest absolute Gasteiger partial charge is 0.338 e. The van der Waals surface area contributed by atoms with Crippen LogP contribution in [0.4, 0.5) is 4.79 Å². The molecule has 2 N–H and O–H groups in total. The summed E-state index contributed by atoms with van der Waals surface area (Å²) in [7, 11) is 0. The minimum Gasteiger partial charge on any atom is -0.338 e. The number of amides is 2. The Morgan fingerprint density at radius 2 is 2.18 bits per heavy atom. The van der Waals surface area contributed by atoms with Crippen LogP contribution in [0.5, 0.6) is 0 Å². The van der Waals surface area contributed by atoms with Gasteiger partial charge in [0.15, 0.2) is 0 Å². The number of unbranched alkanes of at least 4 members (excludes halogenated alkanes) is 1. The molecule has 0 aliphatic heterocycles. The summed E-state index contributed by atoms with van der Waals surface area (Å²) in [6.07, 6.45) is 1.80. The highest BCUT2D eigenvalue weighted by molar-refractivity contribution is 5.73. The second-order valence-electron chi connectivity index (χ2n) is 2.76. The first-order valence-electron chi connectivity index (χ1n) is 4.00. The zero-order chi connectivity index (χ0) is 8.69. The molecule has 0 saturated heterocycles. The highest BCUT2D eigenvalue weighted by Crippen LogP contribution is 1.82. The van der Waals surface area contributed by atoms with Crippen LogP contribution in [0, 0.1) is 6.92 Å². The summed E-state index contributed by atoms with van der Waals surface area (Å²) >= 11 is 0. The maximum atomic E-state index is 10.9. The predicted octanol–water partition coefficient (Wildman–Crippen LogP) is 1.31. The van der Waals surface area contributed by atoms with E-state index < -0.39 is 0 Å². The Labute approximate surface area is 68.6 Å². The van der Waals surface area contributed by atoms with Gasteiger partial charge in [-0.2, -0.15) is 0 Å². The quantitative estimate of drug-likeness (QED) is 0.593. The van der Waals surface area contributed by atoms with E-state index in [1.54, 1.807) is 0 Å². The lowest BCUT2D eigenvalue weighted by molar-refractivity contribution is 0.238. The molecule has 0 saturated carbocycles. The van der Waals surface area contributed by atoms with E-state index in [4.69, 9.17) is 0 Å². The number of urea groups is 1. The fraction of sp³-hybridized carbons (Fsp3) is 0.750. The van der Waals surface area contributed by atoms with Crippen molar-refractivity contribution in [1.29, 1.82) is 0 Å². The summed E-state index contributed by atoms with van der Waals surface area (Å²) in [4.78, 5) is 10.9. The van der Waals surface area contributed by atoms with E-state index in [2.05, 4.69) is 17.6 Å². The first-order valence-corrected chi connectivity index (χ1v) is 4.00. The third-order valence-electron chi connectivity index (χ3n) is 1.13. The van der Waals surface area contributed by atoms with E-state index in [-0.39, 0.29) is 12.1 Å². The molecule has 2 amide bonds. The Hall–Kier alpha value is -0.730. The van der Waals surface area contributed by atoms with Crippen molar-refractivity contribution < 1.29 is 4.79 Å². The third kappa shape index (κ3) is 7.16. The molecule has 1 radical (unpaired) electrons. The van der Waals surface area contributed by atoms with Gasteiger partial charge in [-0.25, -0.2) is 4.79 Å². The minimum atomic E-state index is -0.0894. The van der Waals surface area contributed by atoms with Gasteiger partial charge in [0.1, 0.15) is 0 Å². The Morgan fingerprint density at radius 3 is 2.64 bits per heavy atom. The van der Waals surface area contributed by atoms with Gasteiger partial charge in [0.05, 0.1) is 0 Å². The predicted molar refractivity (Wildman–Crippen MR) is 46.3 cm³/mol. The van der Waals surface area contributed by atoms with E-state index in [1.165, 1.54) is 0 Å². The molecule has 0 aliphatic rings. The zero-order valence-electron chi connectivity index (χ0n) is 7.31. The second kappa shape index (κ2) is 6.01. The minimum absolute atomic E-state index is 0.0894. The smallest absolute Gasteiger partial charge is 0.314 e. The van der Waals surface area contributed by atoms with Crippen molar-refractivity contribution in [2.45, 2.75) is 32.7 Å².